The fourth-order valence-electron chi connectivity index (χ4n) is 1.56. The summed E-state index contributed by atoms with van der Waals surface area (Å²) < 4.78 is 22.7. The number of rotatable bonds is 6. The molecule has 1 atom stereocenters. The zero-order chi connectivity index (χ0) is 14.4. The molecule has 0 spiro atoms. The second-order valence-corrected chi connectivity index (χ2v) is 5.47. The van der Waals surface area contributed by atoms with E-state index in [1.54, 1.807) is 36.4 Å². The minimum atomic E-state index is -1.27. The quantitative estimate of drug-likeness (QED) is 0.657. The van der Waals surface area contributed by atoms with E-state index in [2.05, 4.69) is 0 Å². The van der Waals surface area contributed by atoms with E-state index in [-0.39, 0.29) is 12.5 Å². The summed E-state index contributed by atoms with van der Waals surface area (Å²) in [6.07, 6.45) is 0. The molecular weight excluding hydrogens is 276 g/mol. The van der Waals surface area contributed by atoms with Gasteiger partial charge in [0.05, 0.1) is 10.8 Å². The molecule has 1 unspecified atom stereocenters. The van der Waals surface area contributed by atoms with Crippen LogP contribution in [0.1, 0.15) is 6.92 Å². The Morgan fingerprint density at radius 3 is 2.10 bits per heavy atom. The zero-order valence-electron chi connectivity index (χ0n) is 11.1. The minimum Gasteiger partial charge on any atom is -0.508 e. The maximum Gasteiger partial charge on any atom is 0.189 e. The fraction of sp³-hybridized carbons (Fsp3) is 0.200. The average Bonchev–Trinajstić information content (AvgIpc) is 2.48. The van der Waals surface area contributed by atoms with Gasteiger partial charge in [-0.15, -0.1) is 0 Å². The van der Waals surface area contributed by atoms with Crippen LogP contribution in [0, 0.1) is 0 Å². The van der Waals surface area contributed by atoms with Crippen molar-refractivity contribution >= 4 is 10.8 Å². The number of phenolic OH excluding ortho intramolecular Hbond substituents is 1. The van der Waals surface area contributed by atoms with Crippen molar-refractivity contribution in [1.29, 1.82) is 0 Å². The molecule has 0 heterocycles. The Labute approximate surface area is 120 Å². The largest absolute Gasteiger partial charge is 0.508 e. The molecule has 0 aliphatic rings. The maximum atomic E-state index is 12.3. The molecule has 0 bridgehead atoms. The van der Waals surface area contributed by atoms with Gasteiger partial charge in [-0.25, -0.2) is 4.21 Å². The van der Waals surface area contributed by atoms with Gasteiger partial charge in [-0.2, -0.15) is 0 Å². The summed E-state index contributed by atoms with van der Waals surface area (Å²) in [4.78, 5) is 1.32. The van der Waals surface area contributed by atoms with Crippen LogP contribution in [-0.2, 0) is 15.5 Å². The van der Waals surface area contributed by atoms with E-state index in [0.29, 0.717) is 22.1 Å². The van der Waals surface area contributed by atoms with Gasteiger partial charge >= 0.3 is 0 Å². The van der Waals surface area contributed by atoms with Crippen molar-refractivity contribution in [3.8, 4) is 11.5 Å². The number of benzene rings is 2. The predicted molar refractivity (Wildman–Crippen MR) is 76.3 cm³/mol. The van der Waals surface area contributed by atoms with Crippen molar-refractivity contribution < 1.29 is 18.8 Å². The predicted octanol–water partition coefficient (Wildman–Crippen LogP) is 2.93. The monoisotopic (exact) mass is 292 g/mol. The van der Waals surface area contributed by atoms with Crippen LogP contribution in [0.4, 0.5) is 0 Å². The van der Waals surface area contributed by atoms with Gasteiger partial charge in [0.2, 0.25) is 0 Å². The standard InChI is InChI=1S/C15H16O4S/c1-2-18-11-19-13-5-9-15(10-6-13)20(17)14-7-3-12(16)4-8-14/h3-10,16H,2,11H2,1H3. The third kappa shape index (κ3) is 3.82. The van der Waals surface area contributed by atoms with E-state index in [9.17, 15) is 9.32 Å². The second-order valence-electron chi connectivity index (χ2n) is 3.99. The van der Waals surface area contributed by atoms with Crippen molar-refractivity contribution in [3.63, 3.8) is 0 Å². The molecule has 0 amide bonds. The van der Waals surface area contributed by atoms with E-state index in [0.717, 1.165) is 0 Å². The summed E-state index contributed by atoms with van der Waals surface area (Å²) in [6.45, 7) is 2.70. The van der Waals surface area contributed by atoms with Crippen molar-refractivity contribution in [2.75, 3.05) is 13.4 Å². The van der Waals surface area contributed by atoms with Crippen LogP contribution < -0.4 is 4.74 Å². The third-order valence-corrected chi connectivity index (χ3v) is 4.00. The highest BCUT2D eigenvalue weighted by molar-refractivity contribution is 7.85. The lowest BCUT2D eigenvalue weighted by atomic mass is 10.3. The normalized spacial score (nSPS) is 12.1. The minimum absolute atomic E-state index is 0.158. The molecule has 0 radical (unpaired) electrons. The van der Waals surface area contributed by atoms with Gasteiger partial charge in [0.15, 0.2) is 6.79 Å². The van der Waals surface area contributed by atoms with Gasteiger partial charge in [-0.05, 0) is 55.5 Å². The van der Waals surface area contributed by atoms with Crippen molar-refractivity contribution in [3.05, 3.63) is 48.5 Å². The summed E-state index contributed by atoms with van der Waals surface area (Å²) in [7, 11) is -1.27. The number of hydrogen-bond donors (Lipinski definition) is 1. The summed E-state index contributed by atoms with van der Waals surface area (Å²) >= 11 is 0. The van der Waals surface area contributed by atoms with E-state index in [1.165, 1.54) is 12.1 Å². The molecular formula is C15H16O4S. The summed E-state index contributed by atoms with van der Waals surface area (Å²) in [6, 6.07) is 13.4. The molecule has 4 nitrogen and oxygen atoms in total. The van der Waals surface area contributed by atoms with Gasteiger partial charge in [0.1, 0.15) is 11.5 Å². The molecule has 0 aliphatic carbocycles. The number of aromatic hydroxyl groups is 1. The van der Waals surface area contributed by atoms with E-state index >= 15 is 0 Å². The molecule has 2 rings (SSSR count). The maximum absolute atomic E-state index is 12.3. The van der Waals surface area contributed by atoms with Crippen molar-refractivity contribution in [1.82, 2.24) is 0 Å². The SMILES string of the molecule is CCOCOc1ccc(S(=O)c2ccc(O)cc2)cc1. The van der Waals surface area contributed by atoms with Crippen molar-refractivity contribution in [2.45, 2.75) is 16.7 Å². The van der Waals surface area contributed by atoms with Crippen LogP contribution in [0.5, 0.6) is 11.5 Å². The number of hydrogen-bond acceptors (Lipinski definition) is 4. The number of ether oxygens (including phenoxy) is 2. The van der Waals surface area contributed by atoms with E-state index in [4.69, 9.17) is 9.47 Å². The van der Waals surface area contributed by atoms with Crippen LogP contribution in [0.2, 0.25) is 0 Å². The topological polar surface area (TPSA) is 55.8 Å². The third-order valence-electron chi connectivity index (χ3n) is 2.60. The second kappa shape index (κ2) is 7.07. The molecule has 5 heteroatoms. The molecule has 1 N–H and O–H groups in total. The van der Waals surface area contributed by atoms with Gasteiger partial charge in [-0.1, -0.05) is 0 Å². The van der Waals surface area contributed by atoms with E-state index < -0.39 is 10.8 Å². The average molecular weight is 292 g/mol. The summed E-state index contributed by atoms with van der Waals surface area (Å²) in [5, 5.41) is 9.22. The highest BCUT2D eigenvalue weighted by Gasteiger charge is 2.07. The van der Waals surface area contributed by atoms with Gasteiger partial charge < -0.3 is 14.6 Å². The first-order valence-electron chi connectivity index (χ1n) is 6.22. The Morgan fingerprint density at radius 2 is 1.55 bits per heavy atom. The highest BCUT2D eigenvalue weighted by atomic mass is 32.2. The van der Waals surface area contributed by atoms with Gasteiger partial charge in [-0.3, -0.25) is 0 Å². The van der Waals surface area contributed by atoms with Crippen LogP contribution >= 0.6 is 0 Å². The molecule has 0 aromatic heterocycles. The lowest BCUT2D eigenvalue weighted by Crippen LogP contribution is -2.02. The van der Waals surface area contributed by atoms with Crippen LogP contribution in [-0.4, -0.2) is 22.7 Å². The Morgan fingerprint density at radius 1 is 1.00 bits per heavy atom. The van der Waals surface area contributed by atoms with Crippen LogP contribution in [0.25, 0.3) is 0 Å². The molecule has 106 valence electrons. The summed E-state index contributed by atoms with van der Waals surface area (Å²) in [5.74, 6) is 0.829. The lowest BCUT2D eigenvalue weighted by Gasteiger charge is -2.07. The molecule has 0 saturated carbocycles. The Hall–Kier alpha value is -1.85. The molecule has 0 fully saturated rings. The first kappa shape index (κ1) is 14.6. The highest BCUT2D eigenvalue weighted by Crippen LogP contribution is 2.21. The first-order chi connectivity index (χ1) is 9.70. The van der Waals surface area contributed by atoms with Gasteiger partial charge in [0.25, 0.3) is 0 Å². The molecule has 2 aromatic carbocycles. The zero-order valence-corrected chi connectivity index (χ0v) is 11.9. The first-order valence-corrected chi connectivity index (χ1v) is 7.37. The Bertz CT molecular complexity index is 563. The van der Waals surface area contributed by atoms with Gasteiger partial charge in [0, 0.05) is 16.4 Å². The Kier molecular flexibility index (Phi) is 5.15. The fourth-order valence-corrected chi connectivity index (χ4v) is 2.60. The van der Waals surface area contributed by atoms with Crippen molar-refractivity contribution in [2.24, 2.45) is 0 Å². The molecule has 0 saturated heterocycles. The Balaban J connectivity index is 2.05. The lowest BCUT2D eigenvalue weighted by molar-refractivity contribution is 0.0224. The summed E-state index contributed by atoms with van der Waals surface area (Å²) in [5.41, 5.74) is 0. The van der Waals surface area contributed by atoms with Crippen LogP contribution in [0.3, 0.4) is 0 Å². The number of phenols is 1. The molecule has 2 aromatic rings. The molecule has 20 heavy (non-hydrogen) atoms. The smallest absolute Gasteiger partial charge is 0.189 e. The van der Waals surface area contributed by atoms with Crippen LogP contribution in [0.15, 0.2) is 58.3 Å². The van der Waals surface area contributed by atoms with E-state index in [1.807, 2.05) is 6.92 Å². The molecule has 0 aliphatic heterocycles.